The van der Waals surface area contributed by atoms with Gasteiger partial charge in [0.15, 0.2) is 0 Å². The molecule has 2 rings (SSSR count). The Morgan fingerprint density at radius 3 is 2.71 bits per heavy atom. The zero-order valence-corrected chi connectivity index (χ0v) is 9.81. The first-order chi connectivity index (χ1) is 8.16. The fourth-order valence-electron chi connectivity index (χ4n) is 1.94. The first-order valence-electron chi connectivity index (χ1n) is 5.75. The Balaban J connectivity index is 2.06. The molecule has 1 aliphatic heterocycles. The van der Waals surface area contributed by atoms with E-state index < -0.39 is 5.97 Å². The topological polar surface area (TPSA) is 55.8 Å². The zero-order valence-electron chi connectivity index (χ0n) is 9.81. The van der Waals surface area contributed by atoms with Gasteiger partial charge in [-0.3, -0.25) is 0 Å². The van der Waals surface area contributed by atoms with Crippen molar-refractivity contribution in [1.82, 2.24) is 0 Å². The lowest BCUT2D eigenvalue weighted by Crippen LogP contribution is -2.25. The number of aryl methyl sites for hydroxylation is 1. The number of hydrogen-bond donors (Lipinski definition) is 1. The van der Waals surface area contributed by atoms with Crippen LogP contribution in [0.15, 0.2) is 18.2 Å². The lowest BCUT2D eigenvalue weighted by Gasteiger charge is -2.23. The van der Waals surface area contributed by atoms with Crippen LogP contribution in [0, 0.1) is 6.92 Å². The van der Waals surface area contributed by atoms with E-state index in [-0.39, 0.29) is 6.10 Å². The van der Waals surface area contributed by atoms with E-state index in [1.54, 1.807) is 25.1 Å². The summed E-state index contributed by atoms with van der Waals surface area (Å²) < 4.78 is 11.1. The van der Waals surface area contributed by atoms with Crippen LogP contribution in [0.2, 0.25) is 0 Å². The first-order valence-corrected chi connectivity index (χ1v) is 5.75. The van der Waals surface area contributed by atoms with E-state index in [2.05, 4.69) is 0 Å². The van der Waals surface area contributed by atoms with Crippen molar-refractivity contribution in [2.24, 2.45) is 0 Å². The van der Waals surface area contributed by atoms with Crippen LogP contribution in [0.4, 0.5) is 0 Å². The smallest absolute Gasteiger partial charge is 0.335 e. The molecule has 0 radical (unpaired) electrons. The summed E-state index contributed by atoms with van der Waals surface area (Å²) in [5.74, 6) is -0.167. The van der Waals surface area contributed by atoms with E-state index in [0.29, 0.717) is 5.56 Å². The van der Waals surface area contributed by atoms with E-state index in [0.717, 1.165) is 37.4 Å². The van der Waals surface area contributed by atoms with Crippen molar-refractivity contribution in [2.45, 2.75) is 25.9 Å². The molecule has 1 fully saturated rings. The van der Waals surface area contributed by atoms with Crippen molar-refractivity contribution in [3.8, 4) is 5.75 Å². The van der Waals surface area contributed by atoms with Crippen LogP contribution in [0.3, 0.4) is 0 Å². The van der Waals surface area contributed by atoms with Gasteiger partial charge in [0.25, 0.3) is 0 Å². The fraction of sp³-hybridized carbons (Fsp3) is 0.462. The summed E-state index contributed by atoms with van der Waals surface area (Å²) >= 11 is 0. The molecule has 0 amide bonds. The number of carboxylic acid groups (broad SMARTS) is 1. The molecule has 17 heavy (non-hydrogen) atoms. The number of carbonyl (C=O) groups is 1. The van der Waals surface area contributed by atoms with Gasteiger partial charge in [-0.25, -0.2) is 4.79 Å². The Hall–Kier alpha value is -1.55. The Morgan fingerprint density at radius 1 is 1.41 bits per heavy atom. The van der Waals surface area contributed by atoms with Crippen LogP contribution in [0.5, 0.6) is 5.75 Å². The third-order valence-electron chi connectivity index (χ3n) is 2.90. The number of aromatic carboxylic acids is 1. The van der Waals surface area contributed by atoms with Gasteiger partial charge >= 0.3 is 5.97 Å². The molecule has 0 spiro atoms. The van der Waals surface area contributed by atoms with E-state index >= 15 is 0 Å². The molecule has 92 valence electrons. The molecule has 1 N–H and O–H groups in total. The maximum Gasteiger partial charge on any atom is 0.335 e. The summed E-state index contributed by atoms with van der Waals surface area (Å²) in [6.07, 6.45) is 1.96. The summed E-state index contributed by atoms with van der Waals surface area (Å²) in [4.78, 5) is 10.9. The van der Waals surface area contributed by atoms with Crippen molar-refractivity contribution < 1.29 is 19.4 Å². The Morgan fingerprint density at radius 2 is 2.12 bits per heavy atom. The number of ether oxygens (including phenoxy) is 2. The standard InChI is InChI=1S/C13H16O4/c1-9-8-11(2-3-12(9)13(14)15)17-10-4-6-16-7-5-10/h2-3,8,10H,4-7H2,1H3,(H,14,15). The number of rotatable bonds is 3. The molecule has 0 bridgehead atoms. The maximum absolute atomic E-state index is 10.9. The molecule has 0 unspecified atom stereocenters. The summed E-state index contributed by atoms with van der Waals surface area (Å²) in [5.41, 5.74) is 1.05. The normalized spacial score (nSPS) is 16.8. The summed E-state index contributed by atoms with van der Waals surface area (Å²) in [6.45, 7) is 3.24. The Kier molecular flexibility index (Phi) is 3.64. The highest BCUT2D eigenvalue weighted by atomic mass is 16.5. The number of benzene rings is 1. The largest absolute Gasteiger partial charge is 0.490 e. The van der Waals surface area contributed by atoms with Gasteiger partial charge in [-0.2, -0.15) is 0 Å². The highest BCUT2D eigenvalue weighted by Crippen LogP contribution is 2.21. The highest BCUT2D eigenvalue weighted by molar-refractivity contribution is 5.89. The van der Waals surface area contributed by atoms with E-state index in [4.69, 9.17) is 14.6 Å². The van der Waals surface area contributed by atoms with Crippen LogP contribution >= 0.6 is 0 Å². The molecule has 0 aliphatic carbocycles. The molecular formula is C13H16O4. The van der Waals surface area contributed by atoms with E-state index in [1.165, 1.54) is 0 Å². The zero-order chi connectivity index (χ0) is 12.3. The quantitative estimate of drug-likeness (QED) is 0.874. The minimum absolute atomic E-state index is 0.179. The predicted molar refractivity (Wildman–Crippen MR) is 62.6 cm³/mol. The SMILES string of the molecule is Cc1cc(OC2CCOCC2)ccc1C(=O)O. The van der Waals surface area contributed by atoms with Crippen LogP contribution in [-0.2, 0) is 4.74 Å². The molecular weight excluding hydrogens is 220 g/mol. The van der Waals surface area contributed by atoms with Gasteiger partial charge in [0.05, 0.1) is 18.8 Å². The lowest BCUT2D eigenvalue weighted by molar-refractivity contribution is 0.0255. The minimum Gasteiger partial charge on any atom is -0.490 e. The number of carboxylic acids is 1. The molecule has 1 aliphatic rings. The van der Waals surface area contributed by atoms with Crippen LogP contribution in [-0.4, -0.2) is 30.4 Å². The predicted octanol–water partition coefficient (Wildman–Crippen LogP) is 2.25. The van der Waals surface area contributed by atoms with Gasteiger partial charge in [-0.05, 0) is 30.7 Å². The second-order valence-corrected chi connectivity index (χ2v) is 4.21. The molecule has 1 heterocycles. The van der Waals surface area contributed by atoms with Crippen molar-refractivity contribution >= 4 is 5.97 Å². The van der Waals surface area contributed by atoms with E-state index in [1.807, 2.05) is 0 Å². The summed E-state index contributed by atoms with van der Waals surface area (Å²) in [5, 5.41) is 8.92. The van der Waals surface area contributed by atoms with Gasteiger partial charge in [-0.1, -0.05) is 0 Å². The van der Waals surface area contributed by atoms with Crippen LogP contribution in [0.1, 0.15) is 28.8 Å². The molecule has 1 saturated heterocycles. The van der Waals surface area contributed by atoms with Gasteiger partial charge < -0.3 is 14.6 Å². The Bertz CT molecular complexity index is 408. The third kappa shape index (κ3) is 2.97. The second-order valence-electron chi connectivity index (χ2n) is 4.21. The van der Waals surface area contributed by atoms with Crippen LogP contribution < -0.4 is 4.74 Å². The molecule has 0 atom stereocenters. The molecule has 1 aromatic carbocycles. The molecule has 4 nitrogen and oxygen atoms in total. The average Bonchev–Trinajstić information content (AvgIpc) is 2.30. The molecule has 0 aromatic heterocycles. The van der Waals surface area contributed by atoms with Crippen molar-refractivity contribution in [3.05, 3.63) is 29.3 Å². The number of hydrogen-bond acceptors (Lipinski definition) is 3. The maximum atomic E-state index is 10.9. The minimum atomic E-state index is -0.903. The van der Waals surface area contributed by atoms with Gasteiger partial charge in [0.2, 0.25) is 0 Å². The summed E-state index contributed by atoms with van der Waals surface area (Å²) in [6, 6.07) is 5.08. The monoisotopic (exact) mass is 236 g/mol. The highest BCUT2D eigenvalue weighted by Gasteiger charge is 2.16. The van der Waals surface area contributed by atoms with Gasteiger partial charge in [0.1, 0.15) is 11.9 Å². The van der Waals surface area contributed by atoms with Crippen molar-refractivity contribution in [2.75, 3.05) is 13.2 Å². The molecule has 4 heteroatoms. The van der Waals surface area contributed by atoms with Gasteiger partial charge in [-0.15, -0.1) is 0 Å². The van der Waals surface area contributed by atoms with Gasteiger partial charge in [0, 0.05) is 12.8 Å². The van der Waals surface area contributed by atoms with Crippen molar-refractivity contribution in [1.29, 1.82) is 0 Å². The summed E-state index contributed by atoms with van der Waals surface area (Å²) in [7, 11) is 0. The lowest BCUT2D eigenvalue weighted by atomic mass is 10.1. The third-order valence-corrected chi connectivity index (χ3v) is 2.90. The van der Waals surface area contributed by atoms with E-state index in [9.17, 15) is 4.79 Å². The second kappa shape index (κ2) is 5.19. The fourth-order valence-corrected chi connectivity index (χ4v) is 1.94. The van der Waals surface area contributed by atoms with Crippen LogP contribution in [0.25, 0.3) is 0 Å². The first kappa shape index (κ1) is 11.9. The molecule has 0 saturated carbocycles. The average molecular weight is 236 g/mol. The van der Waals surface area contributed by atoms with Crippen molar-refractivity contribution in [3.63, 3.8) is 0 Å². The Labute approximate surface area is 100 Å². The molecule has 1 aromatic rings.